The summed E-state index contributed by atoms with van der Waals surface area (Å²) in [7, 11) is 1.76. The van der Waals surface area contributed by atoms with Gasteiger partial charge in [-0.05, 0) is 43.4 Å². The summed E-state index contributed by atoms with van der Waals surface area (Å²) < 4.78 is 5.15. The molecule has 1 aromatic carbocycles. The molecule has 0 heterocycles. The molecule has 1 aromatic rings. The van der Waals surface area contributed by atoms with Gasteiger partial charge in [-0.2, -0.15) is 0 Å². The minimum atomic E-state index is 0.260. The highest BCUT2D eigenvalue weighted by Gasteiger charge is 2.30. The fourth-order valence-electron chi connectivity index (χ4n) is 3.22. The normalized spacial score (nSPS) is 11.9. The number of rotatable bonds is 10. The first-order valence-electron chi connectivity index (χ1n) is 8.37. The Kier molecular flexibility index (Phi) is 7.98. The first-order valence-corrected chi connectivity index (χ1v) is 8.37. The summed E-state index contributed by atoms with van der Waals surface area (Å²) in [5.74, 6) is 0. The third-order valence-electron chi connectivity index (χ3n) is 4.52. The van der Waals surface area contributed by atoms with Crippen LogP contribution >= 0.6 is 0 Å². The Morgan fingerprint density at radius 3 is 2.24 bits per heavy atom. The molecule has 1 N–H and O–H groups in total. The van der Waals surface area contributed by atoms with Crippen molar-refractivity contribution in [3.8, 4) is 0 Å². The molecule has 0 amide bonds. The minimum Gasteiger partial charge on any atom is -0.383 e. The van der Waals surface area contributed by atoms with Crippen LogP contribution in [-0.4, -0.2) is 26.8 Å². The van der Waals surface area contributed by atoms with Gasteiger partial charge in [-0.3, -0.25) is 0 Å². The van der Waals surface area contributed by atoms with Gasteiger partial charge in [-0.15, -0.1) is 0 Å². The van der Waals surface area contributed by atoms with Gasteiger partial charge >= 0.3 is 0 Å². The fraction of sp³-hybridized carbons (Fsp3) is 0.684. The maximum Gasteiger partial charge on any atom is 0.0587 e. The second-order valence-corrected chi connectivity index (χ2v) is 6.25. The smallest absolute Gasteiger partial charge is 0.0587 e. The van der Waals surface area contributed by atoms with Crippen molar-refractivity contribution in [1.29, 1.82) is 0 Å². The highest BCUT2D eigenvalue weighted by atomic mass is 16.5. The van der Waals surface area contributed by atoms with E-state index in [4.69, 9.17) is 4.74 Å². The third kappa shape index (κ3) is 5.12. The molecule has 0 atom stereocenters. The summed E-state index contributed by atoms with van der Waals surface area (Å²) in [6.07, 6.45) is 4.92. The number of methoxy groups -OCH3 is 1. The number of aryl methyl sites for hydroxylation is 2. The van der Waals surface area contributed by atoms with Gasteiger partial charge in [0.25, 0.3) is 0 Å². The summed E-state index contributed by atoms with van der Waals surface area (Å²) >= 11 is 0. The topological polar surface area (TPSA) is 21.3 Å². The van der Waals surface area contributed by atoms with Gasteiger partial charge < -0.3 is 10.1 Å². The Morgan fingerprint density at radius 1 is 1.05 bits per heavy atom. The van der Waals surface area contributed by atoms with Gasteiger partial charge in [0.05, 0.1) is 6.61 Å². The van der Waals surface area contributed by atoms with E-state index in [1.165, 1.54) is 42.4 Å². The number of benzene rings is 1. The van der Waals surface area contributed by atoms with Gasteiger partial charge in [0.2, 0.25) is 0 Å². The summed E-state index contributed by atoms with van der Waals surface area (Å²) in [5, 5.41) is 3.60. The van der Waals surface area contributed by atoms with Crippen molar-refractivity contribution in [2.75, 3.05) is 26.8 Å². The van der Waals surface area contributed by atoms with Crippen molar-refractivity contribution in [1.82, 2.24) is 5.32 Å². The standard InChI is InChI=1S/C19H33NO/c1-6-10-19(11-7-2,15-20-12-13-21-5)18-9-8-16(3)17(4)14-18/h8-9,14,20H,6-7,10-13,15H2,1-5H3. The molecule has 0 radical (unpaired) electrons. The molecular weight excluding hydrogens is 258 g/mol. The van der Waals surface area contributed by atoms with E-state index in [0.29, 0.717) is 0 Å². The monoisotopic (exact) mass is 291 g/mol. The molecule has 0 aliphatic carbocycles. The van der Waals surface area contributed by atoms with E-state index >= 15 is 0 Å². The number of hydrogen-bond acceptors (Lipinski definition) is 2. The van der Waals surface area contributed by atoms with Crippen LogP contribution in [0.5, 0.6) is 0 Å². The molecule has 0 saturated carbocycles. The van der Waals surface area contributed by atoms with Crippen molar-refractivity contribution < 1.29 is 4.74 Å². The Hall–Kier alpha value is -0.860. The molecule has 1 rings (SSSR count). The molecular formula is C19H33NO. The zero-order chi connectivity index (χ0) is 15.7. The van der Waals surface area contributed by atoms with Crippen LogP contribution in [0.15, 0.2) is 18.2 Å². The summed E-state index contributed by atoms with van der Waals surface area (Å²) in [6, 6.07) is 7.02. The van der Waals surface area contributed by atoms with Crippen LogP contribution in [-0.2, 0) is 10.2 Å². The van der Waals surface area contributed by atoms with Gasteiger partial charge in [0, 0.05) is 25.6 Å². The van der Waals surface area contributed by atoms with E-state index in [1.807, 2.05) is 0 Å². The molecule has 0 aromatic heterocycles. The van der Waals surface area contributed by atoms with Gasteiger partial charge in [-0.25, -0.2) is 0 Å². The molecule has 0 bridgehead atoms. The van der Waals surface area contributed by atoms with Crippen molar-refractivity contribution in [3.05, 3.63) is 34.9 Å². The third-order valence-corrected chi connectivity index (χ3v) is 4.52. The van der Waals surface area contributed by atoms with Crippen LogP contribution in [0.4, 0.5) is 0 Å². The van der Waals surface area contributed by atoms with Crippen LogP contribution in [0.1, 0.15) is 56.2 Å². The lowest BCUT2D eigenvalue weighted by Crippen LogP contribution is -2.39. The maximum atomic E-state index is 5.15. The second kappa shape index (κ2) is 9.22. The quantitative estimate of drug-likeness (QED) is 0.646. The molecule has 0 aliphatic rings. The Balaban J connectivity index is 2.99. The van der Waals surface area contributed by atoms with Crippen molar-refractivity contribution >= 4 is 0 Å². The second-order valence-electron chi connectivity index (χ2n) is 6.25. The molecule has 0 fully saturated rings. The van der Waals surface area contributed by atoms with Gasteiger partial charge in [0.15, 0.2) is 0 Å². The molecule has 0 spiro atoms. The van der Waals surface area contributed by atoms with Gasteiger partial charge in [0.1, 0.15) is 0 Å². The average molecular weight is 291 g/mol. The van der Waals surface area contributed by atoms with Crippen LogP contribution < -0.4 is 5.32 Å². The van der Waals surface area contributed by atoms with Crippen LogP contribution in [0.2, 0.25) is 0 Å². The van der Waals surface area contributed by atoms with E-state index < -0.39 is 0 Å². The molecule has 0 unspecified atom stereocenters. The molecule has 0 aliphatic heterocycles. The largest absolute Gasteiger partial charge is 0.383 e. The maximum absolute atomic E-state index is 5.15. The molecule has 2 heteroatoms. The Bertz CT molecular complexity index is 408. The predicted octanol–water partition coefficient (Wildman–Crippen LogP) is 4.38. The van der Waals surface area contributed by atoms with Crippen LogP contribution in [0, 0.1) is 13.8 Å². The fourth-order valence-corrected chi connectivity index (χ4v) is 3.22. The van der Waals surface area contributed by atoms with Crippen molar-refractivity contribution in [2.24, 2.45) is 0 Å². The van der Waals surface area contributed by atoms with Crippen LogP contribution in [0.3, 0.4) is 0 Å². The van der Waals surface area contributed by atoms with E-state index in [-0.39, 0.29) is 5.41 Å². The molecule has 21 heavy (non-hydrogen) atoms. The van der Waals surface area contributed by atoms with E-state index in [0.717, 1.165) is 19.7 Å². The lowest BCUT2D eigenvalue weighted by Gasteiger charge is -2.35. The number of nitrogens with one attached hydrogen (secondary N) is 1. The summed E-state index contributed by atoms with van der Waals surface area (Å²) in [6.45, 7) is 11.7. The first-order chi connectivity index (χ1) is 10.1. The van der Waals surface area contributed by atoms with E-state index in [1.54, 1.807) is 7.11 Å². The SMILES string of the molecule is CCCC(CCC)(CNCCOC)c1ccc(C)c(C)c1. The highest BCUT2D eigenvalue weighted by molar-refractivity contribution is 5.35. The predicted molar refractivity (Wildman–Crippen MR) is 92.2 cm³/mol. The molecule has 2 nitrogen and oxygen atoms in total. The number of ether oxygens (including phenoxy) is 1. The van der Waals surface area contributed by atoms with Gasteiger partial charge in [-0.1, -0.05) is 44.9 Å². The molecule has 0 saturated heterocycles. The van der Waals surface area contributed by atoms with Crippen molar-refractivity contribution in [2.45, 2.75) is 58.8 Å². The number of hydrogen-bond donors (Lipinski definition) is 1. The highest BCUT2D eigenvalue weighted by Crippen LogP contribution is 2.35. The van der Waals surface area contributed by atoms with E-state index in [9.17, 15) is 0 Å². The zero-order valence-electron chi connectivity index (χ0n) is 14.6. The van der Waals surface area contributed by atoms with Crippen LogP contribution in [0.25, 0.3) is 0 Å². The van der Waals surface area contributed by atoms with Crippen molar-refractivity contribution in [3.63, 3.8) is 0 Å². The summed E-state index contributed by atoms with van der Waals surface area (Å²) in [5.41, 5.74) is 4.54. The summed E-state index contributed by atoms with van der Waals surface area (Å²) in [4.78, 5) is 0. The zero-order valence-corrected chi connectivity index (χ0v) is 14.6. The van der Waals surface area contributed by atoms with E-state index in [2.05, 4.69) is 51.2 Å². The lowest BCUT2D eigenvalue weighted by atomic mass is 9.72. The minimum absolute atomic E-state index is 0.260. The Labute approximate surface area is 131 Å². The average Bonchev–Trinajstić information content (AvgIpc) is 2.47. The lowest BCUT2D eigenvalue weighted by molar-refractivity contribution is 0.194. The molecule has 120 valence electrons. The Morgan fingerprint density at radius 2 is 1.71 bits per heavy atom. The first kappa shape index (κ1) is 18.2.